The van der Waals surface area contributed by atoms with Gasteiger partial charge in [-0.3, -0.25) is 14.5 Å². The molecule has 0 fully saturated rings. The minimum atomic E-state index is -0.738. The molecule has 1 aromatic heterocycles. The lowest BCUT2D eigenvalue weighted by atomic mass is 10.0. The highest BCUT2D eigenvalue weighted by Gasteiger charge is 2.27. The summed E-state index contributed by atoms with van der Waals surface area (Å²) in [5.74, 6) is -1.28. The van der Waals surface area contributed by atoms with Gasteiger partial charge in [0.2, 0.25) is 5.91 Å². The summed E-state index contributed by atoms with van der Waals surface area (Å²) >= 11 is 1.48. The van der Waals surface area contributed by atoms with Crippen molar-refractivity contribution in [1.82, 2.24) is 15.2 Å². The number of halogens is 1. The number of aromatic nitrogens is 1. The van der Waals surface area contributed by atoms with Gasteiger partial charge in [-0.2, -0.15) is 0 Å². The molecule has 4 rings (SSSR count). The van der Waals surface area contributed by atoms with Gasteiger partial charge in [0.25, 0.3) is 5.91 Å². The number of hydrogen-bond donors (Lipinski definition) is 2. The molecule has 0 bridgehead atoms. The van der Waals surface area contributed by atoms with E-state index in [1.54, 1.807) is 0 Å². The van der Waals surface area contributed by atoms with Crippen LogP contribution in [0, 0.1) is 11.7 Å². The first kappa shape index (κ1) is 23.1. The van der Waals surface area contributed by atoms with Gasteiger partial charge in [-0.1, -0.05) is 44.2 Å². The van der Waals surface area contributed by atoms with E-state index in [0.29, 0.717) is 10.7 Å². The maximum absolute atomic E-state index is 13.1. The van der Waals surface area contributed by atoms with Gasteiger partial charge in [0.05, 0.1) is 5.69 Å². The second-order valence-electron chi connectivity index (χ2n) is 8.53. The number of thiazole rings is 1. The number of nitrogens with one attached hydrogen (secondary N) is 2. The number of nitrogens with zero attached hydrogens (tertiary/aromatic N) is 2. The van der Waals surface area contributed by atoms with Crippen LogP contribution in [0.5, 0.6) is 0 Å². The maximum Gasteiger partial charge on any atom is 0.251 e. The first-order chi connectivity index (χ1) is 15.9. The van der Waals surface area contributed by atoms with Gasteiger partial charge in [0, 0.05) is 36.5 Å². The summed E-state index contributed by atoms with van der Waals surface area (Å²) in [5.41, 5.74) is 2.60. The molecular weight excluding hydrogens is 439 g/mol. The molecule has 1 unspecified atom stereocenters. The van der Waals surface area contributed by atoms with Gasteiger partial charge >= 0.3 is 0 Å². The molecule has 0 spiro atoms. The fourth-order valence-corrected chi connectivity index (χ4v) is 4.88. The normalized spacial score (nSPS) is 14.5. The zero-order valence-corrected chi connectivity index (χ0v) is 19.5. The topological polar surface area (TPSA) is 74.3 Å². The summed E-state index contributed by atoms with van der Waals surface area (Å²) in [5, 5.41) is 6.20. The van der Waals surface area contributed by atoms with E-state index in [1.807, 2.05) is 32.0 Å². The number of rotatable bonds is 7. The number of fused-ring (bicyclic) bond motifs is 1. The van der Waals surface area contributed by atoms with Crippen LogP contribution in [0.15, 0.2) is 54.6 Å². The predicted octanol–water partition coefficient (Wildman–Crippen LogP) is 4.23. The Morgan fingerprint density at radius 2 is 1.85 bits per heavy atom. The summed E-state index contributed by atoms with van der Waals surface area (Å²) in [6.45, 7) is 6.33. The molecule has 6 nitrogen and oxygen atoms in total. The lowest BCUT2D eigenvalue weighted by Gasteiger charge is -2.25. The molecule has 8 heteroatoms. The van der Waals surface area contributed by atoms with E-state index in [-0.39, 0.29) is 11.8 Å². The van der Waals surface area contributed by atoms with Crippen molar-refractivity contribution < 1.29 is 14.0 Å². The molecule has 0 saturated carbocycles. The number of amides is 2. The number of hydrogen-bond acceptors (Lipinski definition) is 5. The Labute approximate surface area is 196 Å². The van der Waals surface area contributed by atoms with Crippen molar-refractivity contribution in [2.24, 2.45) is 5.92 Å². The van der Waals surface area contributed by atoms with Crippen molar-refractivity contribution in [3.8, 4) is 0 Å². The smallest absolute Gasteiger partial charge is 0.251 e. The third-order valence-electron chi connectivity index (χ3n) is 5.63. The summed E-state index contributed by atoms with van der Waals surface area (Å²) in [4.78, 5) is 33.7. The van der Waals surface area contributed by atoms with Crippen molar-refractivity contribution in [2.45, 2.75) is 39.4 Å². The number of benzene rings is 2. The van der Waals surface area contributed by atoms with Crippen LogP contribution >= 0.6 is 11.3 Å². The molecule has 2 N–H and O–H groups in total. The van der Waals surface area contributed by atoms with Gasteiger partial charge < -0.3 is 10.6 Å². The molecular formula is C25H27FN4O2S. The van der Waals surface area contributed by atoms with Crippen LogP contribution in [0.1, 0.15) is 40.3 Å². The fraction of sp³-hybridized carbons (Fsp3) is 0.320. The Morgan fingerprint density at radius 3 is 2.55 bits per heavy atom. The molecule has 0 radical (unpaired) electrons. The molecule has 1 aliphatic rings. The first-order valence-corrected chi connectivity index (χ1v) is 11.8. The monoisotopic (exact) mass is 466 g/mol. The van der Waals surface area contributed by atoms with Crippen LogP contribution in [0.2, 0.25) is 0 Å². The highest BCUT2D eigenvalue weighted by molar-refractivity contribution is 7.15. The quantitative estimate of drug-likeness (QED) is 0.546. The Bertz CT molecular complexity index is 1120. The van der Waals surface area contributed by atoms with Crippen LogP contribution in [-0.2, 0) is 24.3 Å². The van der Waals surface area contributed by atoms with E-state index < -0.39 is 17.8 Å². The van der Waals surface area contributed by atoms with E-state index in [4.69, 9.17) is 0 Å². The van der Waals surface area contributed by atoms with Gasteiger partial charge in [0.1, 0.15) is 11.9 Å². The van der Waals surface area contributed by atoms with E-state index in [0.717, 1.165) is 36.6 Å². The summed E-state index contributed by atoms with van der Waals surface area (Å²) in [6, 6.07) is 14.9. The third-order valence-corrected chi connectivity index (χ3v) is 6.63. The maximum atomic E-state index is 13.1. The molecule has 2 aromatic carbocycles. The predicted molar refractivity (Wildman–Crippen MR) is 127 cm³/mol. The average molecular weight is 467 g/mol. The molecule has 0 aliphatic carbocycles. The summed E-state index contributed by atoms with van der Waals surface area (Å²) in [6.07, 6.45) is 0.837. The van der Waals surface area contributed by atoms with Crippen molar-refractivity contribution >= 4 is 28.3 Å². The number of carbonyl (C=O) groups is 2. The summed E-state index contributed by atoms with van der Waals surface area (Å²) < 4.78 is 13.1. The van der Waals surface area contributed by atoms with Crippen LogP contribution in [-0.4, -0.2) is 34.3 Å². The van der Waals surface area contributed by atoms with Crippen molar-refractivity contribution in [3.63, 3.8) is 0 Å². The largest absolute Gasteiger partial charge is 0.340 e. The molecule has 0 saturated heterocycles. The molecule has 1 atom stereocenters. The minimum absolute atomic E-state index is 0.134. The number of carbonyl (C=O) groups excluding carboxylic acids is 2. The fourth-order valence-electron chi connectivity index (χ4n) is 3.82. The highest BCUT2D eigenvalue weighted by Crippen LogP contribution is 2.29. The van der Waals surface area contributed by atoms with Gasteiger partial charge in [0.15, 0.2) is 5.13 Å². The summed E-state index contributed by atoms with van der Waals surface area (Å²) in [7, 11) is 0. The Kier molecular flexibility index (Phi) is 7.15. The van der Waals surface area contributed by atoms with Crippen LogP contribution in [0.3, 0.4) is 0 Å². The second kappa shape index (κ2) is 10.2. The van der Waals surface area contributed by atoms with E-state index >= 15 is 0 Å². The second-order valence-corrected chi connectivity index (χ2v) is 9.61. The van der Waals surface area contributed by atoms with E-state index in [1.165, 1.54) is 41.2 Å². The SMILES string of the molecule is CC(C)C(NC(=O)c1ccc(F)cc1)C(=O)Nc1nc2c(s1)CN(Cc1ccccc1)CC2. The average Bonchev–Trinajstić information content (AvgIpc) is 3.19. The first-order valence-electron chi connectivity index (χ1n) is 11.0. The van der Waals surface area contributed by atoms with Crippen molar-refractivity contribution in [1.29, 1.82) is 0 Å². The highest BCUT2D eigenvalue weighted by atomic mass is 32.1. The van der Waals surface area contributed by atoms with E-state index in [9.17, 15) is 14.0 Å². The van der Waals surface area contributed by atoms with Crippen LogP contribution in [0.4, 0.5) is 9.52 Å². The lowest BCUT2D eigenvalue weighted by Crippen LogP contribution is -2.47. The molecule has 3 aromatic rings. The molecule has 172 valence electrons. The lowest BCUT2D eigenvalue weighted by molar-refractivity contribution is -0.118. The number of anilines is 1. The zero-order valence-electron chi connectivity index (χ0n) is 18.7. The van der Waals surface area contributed by atoms with Crippen molar-refractivity contribution in [2.75, 3.05) is 11.9 Å². The molecule has 2 heterocycles. The molecule has 1 aliphatic heterocycles. The zero-order chi connectivity index (χ0) is 23.4. The van der Waals surface area contributed by atoms with Crippen molar-refractivity contribution in [3.05, 3.63) is 82.1 Å². The Morgan fingerprint density at radius 1 is 1.12 bits per heavy atom. The minimum Gasteiger partial charge on any atom is -0.340 e. The third kappa shape index (κ3) is 5.83. The van der Waals surface area contributed by atoms with Gasteiger partial charge in [-0.25, -0.2) is 9.37 Å². The standard InChI is InChI=1S/C25H27FN4O2S/c1-16(2)22(28-23(31)18-8-10-19(26)11-9-18)24(32)29-25-27-20-12-13-30(15-21(20)33-25)14-17-6-4-3-5-7-17/h3-11,16,22H,12-15H2,1-2H3,(H,28,31)(H,27,29,32). The Hall–Kier alpha value is -3.10. The van der Waals surface area contributed by atoms with Crippen LogP contribution in [0.25, 0.3) is 0 Å². The van der Waals surface area contributed by atoms with Crippen LogP contribution < -0.4 is 10.6 Å². The van der Waals surface area contributed by atoms with E-state index in [2.05, 4.69) is 32.7 Å². The Balaban J connectivity index is 1.39. The van der Waals surface area contributed by atoms with Gasteiger partial charge in [-0.15, -0.1) is 11.3 Å². The molecule has 33 heavy (non-hydrogen) atoms. The molecule has 2 amide bonds. The van der Waals surface area contributed by atoms with Gasteiger partial charge in [-0.05, 0) is 35.7 Å².